The smallest absolute Gasteiger partial charge is 0.00811 e. The monoisotopic (exact) mass is 537 g/mol. The Kier molecular flexibility index (Phi) is 5.89. The summed E-state index contributed by atoms with van der Waals surface area (Å²) in [6, 6.07) is 42.7. The van der Waals surface area contributed by atoms with Crippen LogP contribution in [0.3, 0.4) is 0 Å². The molecule has 200 valence electrons. The second kappa shape index (κ2) is 10.0. The summed E-state index contributed by atoms with van der Waals surface area (Å²) >= 11 is 0. The number of aromatic amines is 1. The summed E-state index contributed by atoms with van der Waals surface area (Å²) in [5.41, 5.74) is 11.7. The maximum atomic E-state index is 3.26. The summed E-state index contributed by atoms with van der Waals surface area (Å²) in [5.74, 6) is 0. The molecule has 1 heteroatoms. The molecule has 0 fully saturated rings. The average Bonchev–Trinajstić information content (AvgIpc) is 3.59. The van der Waals surface area contributed by atoms with Crippen molar-refractivity contribution in [2.24, 2.45) is 0 Å². The number of benzene rings is 6. The van der Waals surface area contributed by atoms with Crippen LogP contribution in [0.5, 0.6) is 0 Å². The van der Waals surface area contributed by atoms with Gasteiger partial charge in [0.2, 0.25) is 0 Å². The number of nitrogens with one attached hydrogen (secondary N) is 1. The van der Waals surface area contributed by atoms with Crippen molar-refractivity contribution in [3.05, 3.63) is 156 Å². The van der Waals surface area contributed by atoms with E-state index in [9.17, 15) is 0 Å². The Bertz CT molecular complexity index is 2120. The van der Waals surface area contributed by atoms with E-state index in [2.05, 4.69) is 146 Å². The van der Waals surface area contributed by atoms with Gasteiger partial charge in [0.25, 0.3) is 0 Å². The fourth-order valence-electron chi connectivity index (χ4n) is 6.93. The molecule has 0 spiro atoms. The summed E-state index contributed by atoms with van der Waals surface area (Å²) in [4.78, 5) is 3.26. The summed E-state index contributed by atoms with van der Waals surface area (Å²) < 4.78 is 0. The first-order valence-corrected chi connectivity index (χ1v) is 14.8. The molecular weight excluding hydrogens is 506 g/mol. The van der Waals surface area contributed by atoms with Gasteiger partial charge in [-0.3, -0.25) is 0 Å². The molecule has 0 bridgehead atoms. The van der Waals surface area contributed by atoms with Crippen LogP contribution in [0.2, 0.25) is 0 Å². The van der Waals surface area contributed by atoms with Gasteiger partial charge in [-0.05, 0) is 103 Å². The zero-order valence-electron chi connectivity index (χ0n) is 23.7. The summed E-state index contributed by atoms with van der Waals surface area (Å²) in [7, 11) is 0. The Labute approximate surface area is 246 Å². The topological polar surface area (TPSA) is 15.8 Å². The van der Waals surface area contributed by atoms with Crippen LogP contribution in [-0.2, 0) is 0 Å². The highest BCUT2D eigenvalue weighted by atomic mass is 14.6. The van der Waals surface area contributed by atoms with Crippen LogP contribution < -0.4 is 0 Å². The number of H-pyrrole nitrogens is 1. The third-order valence-corrected chi connectivity index (χ3v) is 8.87. The van der Waals surface area contributed by atoms with E-state index in [1.54, 1.807) is 0 Å². The molecule has 1 N–H and O–H groups in total. The van der Waals surface area contributed by atoms with Crippen molar-refractivity contribution in [1.82, 2.24) is 4.98 Å². The molecule has 7 aromatic rings. The van der Waals surface area contributed by atoms with Gasteiger partial charge in [0.15, 0.2) is 0 Å². The zero-order chi connectivity index (χ0) is 28.0. The minimum absolute atomic E-state index is 1.05. The highest BCUT2D eigenvalue weighted by molar-refractivity contribution is 6.24. The SMILES string of the molecule is Cc1ccc(-c2c3ccccc3c(-c3ccc(C4=C(c5cc[nH]c5)CCC=C4)c4ccccc34)c3ccccc23)cc1. The second-order valence-electron chi connectivity index (χ2n) is 11.3. The van der Waals surface area contributed by atoms with Crippen molar-refractivity contribution < 1.29 is 0 Å². The normalized spacial score (nSPS) is 13.5. The molecule has 1 heterocycles. The van der Waals surface area contributed by atoms with E-state index in [-0.39, 0.29) is 0 Å². The average molecular weight is 538 g/mol. The van der Waals surface area contributed by atoms with E-state index >= 15 is 0 Å². The van der Waals surface area contributed by atoms with Crippen LogP contribution in [-0.4, -0.2) is 4.98 Å². The van der Waals surface area contributed by atoms with Crippen LogP contribution in [0.25, 0.3) is 65.7 Å². The number of aryl methyl sites for hydroxylation is 1. The van der Waals surface area contributed by atoms with Crippen molar-refractivity contribution in [2.75, 3.05) is 0 Å². The minimum atomic E-state index is 1.05. The van der Waals surface area contributed by atoms with Gasteiger partial charge in [-0.25, -0.2) is 0 Å². The molecule has 0 radical (unpaired) electrons. The lowest BCUT2D eigenvalue weighted by Crippen LogP contribution is -1.97. The molecule has 6 aromatic carbocycles. The Balaban J connectivity index is 1.45. The van der Waals surface area contributed by atoms with E-state index in [4.69, 9.17) is 0 Å². The Morgan fingerprint density at radius 3 is 1.71 bits per heavy atom. The molecule has 0 aliphatic heterocycles. The molecular formula is C41H31N. The zero-order valence-corrected chi connectivity index (χ0v) is 23.7. The van der Waals surface area contributed by atoms with Gasteiger partial charge in [-0.15, -0.1) is 0 Å². The molecule has 0 unspecified atom stereocenters. The van der Waals surface area contributed by atoms with Gasteiger partial charge in [-0.1, -0.05) is 127 Å². The molecule has 0 atom stereocenters. The van der Waals surface area contributed by atoms with Crippen LogP contribution in [0.1, 0.15) is 29.5 Å². The highest BCUT2D eigenvalue weighted by Gasteiger charge is 2.20. The van der Waals surface area contributed by atoms with Crippen LogP contribution in [0, 0.1) is 6.92 Å². The maximum Gasteiger partial charge on any atom is 0.00811 e. The number of rotatable bonds is 4. The van der Waals surface area contributed by atoms with Crippen molar-refractivity contribution in [3.63, 3.8) is 0 Å². The lowest BCUT2D eigenvalue weighted by Gasteiger charge is -2.21. The number of allylic oxidation sites excluding steroid dienone is 4. The van der Waals surface area contributed by atoms with Gasteiger partial charge < -0.3 is 4.98 Å². The molecule has 42 heavy (non-hydrogen) atoms. The van der Waals surface area contributed by atoms with Gasteiger partial charge in [-0.2, -0.15) is 0 Å². The minimum Gasteiger partial charge on any atom is -0.367 e. The standard InChI is InChI=1S/C41H31N/c1-27-18-20-28(21-19-27)40-35-14-6-8-16-37(35)41(38-17-9-7-15-36(38)40)39-23-22-34(32-12-4-5-13-33(32)39)31-11-3-2-10-30(31)29-24-25-42-26-29/h3-9,11-26,42H,2,10H2,1H3. The first-order chi connectivity index (χ1) is 20.8. The molecule has 0 amide bonds. The highest BCUT2D eigenvalue weighted by Crippen LogP contribution is 2.46. The largest absolute Gasteiger partial charge is 0.367 e. The van der Waals surface area contributed by atoms with Crippen molar-refractivity contribution in [1.29, 1.82) is 0 Å². The molecule has 1 aromatic heterocycles. The van der Waals surface area contributed by atoms with E-state index in [1.165, 1.54) is 82.4 Å². The number of aromatic nitrogens is 1. The predicted octanol–water partition coefficient (Wildman–Crippen LogP) is 11.4. The van der Waals surface area contributed by atoms with Crippen molar-refractivity contribution in [3.8, 4) is 22.3 Å². The van der Waals surface area contributed by atoms with E-state index < -0.39 is 0 Å². The lowest BCUT2D eigenvalue weighted by molar-refractivity contribution is 1.06. The fraction of sp³-hybridized carbons (Fsp3) is 0.0732. The predicted molar refractivity (Wildman–Crippen MR) is 181 cm³/mol. The number of fused-ring (bicyclic) bond motifs is 3. The van der Waals surface area contributed by atoms with Gasteiger partial charge >= 0.3 is 0 Å². The fourth-order valence-corrected chi connectivity index (χ4v) is 6.93. The van der Waals surface area contributed by atoms with Crippen molar-refractivity contribution in [2.45, 2.75) is 19.8 Å². The first kappa shape index (κ1) is 24.6. The molecule has 0 saturated carbocycles. The molecule has 1 aliphatic carbocycles. The van der Waals surface area contributed by atoms with E-state index in [1.807, 2.05) is 6.20 Å². The quantitative estimate of drug-likeness (QED) is 0.215. The van der Waals surface area contributed by atoms with Gasteiger partial charge in [0, 0.05) is 12.4 Å². The lowest BCUT2D eigenvalue weighted by atomic mass is 9.82. The maximum absolute atomic E-state index is 3.26. The van der Waals surface area contributed by atoms with Crippen LogP contribution >= 0.6 is 0 Å². The number of hydrogen-bond acceptors (Lipinski definition) is 0. The van der Waals surface area contributed by atoms with Gasteiger partial charge in [0.1, 0.15) is 0 Å². The van der Waals surface area contributed by atoms with Crippen LogP contribution in [0.15, 0.2) is 140 Å². The molecule has 1 aliphatic rings. The number of hydrogen-bond donors (Lipinski definition) is 1. The molecule has 8 rings (SSSR count). The van der Waals surface area contributed by atoms with Crippen LogP contribution in [0.4, 0.5) is 0 Å². The summed E-state index contributed by atoms with van der Waals surface area (Å²) in [6.07, 6.45) is 10.9. The molecule has 0 saturated heterocycles. The third kappa shape index (κ3) is 3.93. The second-order valence-corrected chi connectivity index (χ2v) is 11.3. The Hall–Kier alpha value is -5.14. The van der Waals surface area contributed by atoms with Gasteiger partial charge in [0.05, 0.1) is 0 Å². The summed E-state index contributed by atoms with van der Waals surface area (Å²) in [6.45, 7) is 2.15. The Morgan fingerprint density at radius 1 is 0.524 bits per heavy atom. The van der Waals surface area contributed by atoms with E-state index in [0.717, 1.165) is 12.8 Å². The molecule has 1 nitrogen and oxygen atoms in total. The third-order valence-electron chi connectivity index (χ3n) is 8.87. The first-order valence-electron chi connectivity index (χ1n) is 14.8. The van der Waals surface area contributed by atoms with Crippen molar-refractivity contribution >= 4 is 43.5 Å². The summed E-state index contributed by atoms with van der Waals surface area (Å²) in [5, 5.41) is 7.73. The Morgan fingerprint density at radius 2 is 1.10 bits per heavy atom. The van der Waals surface area contributed by atoms with E-state index in [0.29, 0.717) is 0 Å².